The first kappa shape index (κ1) is 18.5. The zero-order chi connectivity index (χ0) is 17.1. The number of sulfone groups is 1. The van der Waals surface area contributed by atoms with E-state index in [0.29, 0.717) is 17.0 Å². The van der Waals surface area contributed by atoms with Crippen molar-refractivity contribution in [1.82, 2.24) is 10.6 Å². The summed E-state index contributed by atoms with van der Waals surface area (Å²) in [6, 6.07) is 4.90. The fraction of sp³-hybridized carbons (Fsp3) is 0.562. The Hall–Kier alpha value is -1.56. The first-order valence-electron chi connectivity index (χ1n) is 7.25. The number of rotatable bonds is 4. The maximum Gasteiger partial charge on any atom is 0.315 e. The molecule has 0 aliphatic carbocycles. The zero-order valence-electron chi connectivity index (χ0n) is 14.1. The molecule has 124 valence electrons. The van der Waals surface area contributed by atoms with Gasteiger partial charge in [0.1, 0.15) is 0 Å². The molecule has 0 saturated carbocycles. The predicted molar refractivity (Wildman–Crippen MR) is 88.6 cm³/mol. The molecule has 0 aliphatic heterocycles. The van der Waals surface area contributed by atoms with Crippen LogP contribution >= 0.6 is 0 Å². The third-order valence-corrected chi connectivity index (χ3v) is 5.00. The minimum absolute atomic E-state index is 0.00887. The lowest BCUT2D eigenvalue weighted by Gasteiger charge is -2.28. The predicted octanol–water partition coefficient (Wildman–Crippen LogP) is 2.63. The van der Waals surface area contributed by atoms with Crippen LogP contribution in [-0.2, 0) is 16.4 Å². The molecule has 0 spiro atoms. The highest BCUT2D eigenvalue weighted by Crippen LogP contribution is 2.18. The van der Waals surface area contributed by atoms with E-state index in [4.69, 9.17) is 0 Å². The molecular formula is C16H26N2O3S. The smallest absolute Gasteiger partial charge is 0.315 e. The lowest BCUT2D eigenvalue weighted by molar-refractivity contribution is 0.222. The minimum atomic E-state index is -3.21. The van der Waals surface area contributed by atoms with Crippen molar-refractivity contribution < 1.29 is 13.2 Å². The van der Waals surface area contributed by atoms with Gasteiger partial charge in [0, 0.05) is 18.8 Å². The van der Waals surface area contributed by atoms with Gasteiger partial charge in [-0.05, 0) is 36.5 Å². The largest absolute Gasteiger partial charge is 0.335 e. The number of amides is 2. The molecule has 0 bridgehead atoms. The number of carbonyl (C=O) groups is 1. The molecule has 1 unspecified atom stereocenters. The fourth-order valence-corrected chi connectivity index (χ4v) is 2.84. The molecule has 1 aromatic carbocycles. The summed E-state index contributed by atoms with van der Waals surface area (Å²) in [5.41, 5.74) is 1.54. The molecule has 2 N–H and O–H groups in total. The standard InChI is InChI=1S/C16H26N2O3S/c1-11-9-13(7-8-14(11)22(6,20)21)10-17-15(19)18-12(2)16(3,4)5/h7-9,12H,10H2,1-6H3,(H2,17,18,19). The van der Waals surface area contributed by atoms with E-state index in [9.17, 15) is 13.2 Å². The SMILES string of the molecule is Cc1cc(CNC(=O)NC(C)C(C)(C)C)ccc1S(C)(=O)=O. The summed E-state index contributed by atoms with van der Waals surface area (Å²) >= 11 is 0. The Kier molecular flexibility index (Phi) is 5.62. The molecule has 0 fully saturated rings. The topological polar surface area (TPSA) is 75.3 Å². The van der Waals surface area contributed by atoms with Gasteiger partial charge in [0.2, 0.25) is 0 Å². The van der Waals surface area contributed by atoms with Crippen LogP contribution in [0.25, 0.3) is 0 Å². The number of nitrogens with one attached hydrogen (secondary N) is 2. The van der Waals surface area contributed by atoms with Gasteiger partial charge in [0.15, 0.2) is 9.84 Å². The van der Waals surface area contributed by atoms with Crippen LogP contribution in [0.1, 0.15) is 38.8 Å². The molecule has 5 nitrogen and oxygen atoms in total. The molecule has 0 saturated heterocycles. The molecule has 0 heterocycles. The van der Waals surface area contributed by atoms with Crippen molar-refractivity contribution in [2.24, 2.45) is 5.41 Å². The summed E-state index contributed by atoms with van der Waals surface area (Å²) in [6.45, 7) is 10.3. The van der Waals surface area contributed by atoms with E-state index in [-0.39, 0.29) is 17.5 Å². The molecule has 6 heteroatoms. The number of hydrogen-bond acceptors (Lipinski definition) is 3. The average molecular weight is 326 g/mol. The number of aryl methyl sites for hydroxylation is 1. The number of benzene rings is 1. The van der Waals surface area contributed by atoms with Crippen LogP contribution in [0.2, 0.25) is 0 Å². The van der Waals surface area contributed by atoms with E-state index < -0.39 is 9.84 Å². The second kappa shape index (κ2) is 6.69. The quantitative estimate of drug-likeness (QED) is 0.893. The van der Waals surface area contributed by atoms with Crippen molar-refractivity contribution in [3.8, 4) is 0 Å². The van der Waals surface area contributed by atoms with E-state index in [0.717, 1.165) is 5.56 Å². The molecule has 0 aromatic heterocycles. The minimum Gasteiger partial charge on any atom is -0.335 e. The van der Waals surface area contributed by atoms with Gasteiger partial charge >= 0.3 is 6.03 Å². The van der Waals surface area contributed by atoms with E-state index in [1.54, 1.807) is 25.1 Å². The lowest BCUT2D eigenvalue weighted by Crippen LogP contribution is -2.46. The molecular weight excluding hydrogens is 300 g/mol. The third kappa shape index (κ3) is 5.33. The number of urea groups is 1. The van der Waals surface area contributed by atoms with Crippen LogP contribution in [0.4, 0.5) is 4.79 Å². The molecule has 22 heavy (non-hydrogen) atoms. The van der Waals surface area contributed by atoms with Gasteiger partial charge < -0.3 is 10.6 Å². The third-order valence-electron chi connectivity index (χ3n) is 3.74. The summed E-state index contributed by atoms with van der Waals surface area (Å²) in [7, 11) is -3.21. The van der Waals surface area contributed by atoms with Crippen LogP contribution in [0, 0.1) is 12.3 Å². The maximum atomic E-state index is 11.9. The summed E-state index contributed by atoms with van der Waals surface area (Å²) in [6.07, 6.45) is 1.19. The van der Waals surface area contributed by atoms with Crippen molar-refractivity contribution >= 4 is 15.9 Å². The van der Waals surface area contributed by atoms with Crippen molar-refractivity contribution in [3.63, 3.8) is 0 Å². The van der Waals surface area contributed by atoms with E-state index >= 15 is 0 Å². The fourth-order valence-electron chi connectivity index (χ4n) is 1.88. The Bertz CT molecular complexity index is 646. The maximum absolute atomic E-state index is 11.9. The highest BCUT2D eigenvalue weighted by atomic mass is 32.2. The molecule has 1 atom stereocenters. The van der Waals surface area contributed by atoms with E-state index in [2.05, 4.69) is 31.4 Å². The number of carbonyl (C=O) groups excluding carboxylic acids is 1. The van der Waals surface area contributed by atoms with Crippen molar-refractivity contribution in [1.29, 1.82) is 0 Å². The van der Waals surface area contributed by atoms with Crippen LogP contribution in [0.5, 0.6) is 0 Å². The Morgan fingerprint density at radius 1 is 1.27 bits per heavy atom. The van der Waals surface area contributed by atoms with Gasteiger partial charge in [-0.2, -0.15) is 0 Å². The molecule has 1 rings (SSSR count). The highest BCUT2D eigenvalue weighted by molar-refractivity contribution is 7.90. The van der Waals surface area contributed by atoms with Gasteiger partial charge in [0.05, 0.1) is 4.90 Å². The highest BCUT2D eigenvalue weighted by Gasteiger charge is 2.21. The Labute approximate surface area is 133 Å². The second-order valence-corrected chi connectivity index (χ2v) is 8.77. The van der Waals surface area contributed by atoms with Gasteiger partial charge in [-0.15, -0.1) is 0 Å². The van der Waals surface area contributed by atoms with Crippen molar-refractivity contribution in [2.45, 2.75) is 52.1 Å². The first-order valence-corrected chi connectivity index (χ1v) is 9.14. The molecule has 0 aliphatic rings. The van der Waals surface area contributed by atoms with Crippen LogP contribution in [0.15, 0.2) is 23.1 Å². The first-order chi connectivity index (χ1) is 9.91. The van der Waals surface area contributed by atoms with Gasteiger partial charge in [-0.3, -0.25) is 0 Å². The summed E-state index contributed by atoms with van der Waals surface area (Å²) < 4.78 is 23.1. The van der Waals surface area contributed by atoms with Crippen LogP contribution in [-0.4, -0.2) is 26.7 Å². The summed E-state index contributed by atoms with van der Waals surface area (Å²) in [4.78, 5) is 12.2. The molecule has 2 amide bonds. The molecule has 0 radical (unpaired) electrons. The number of hydrogen-bond donors (Lipinski definition) is 2. The van der Waals surface area contributed by atoms with E-state index in [1.807, 2.05) is 6.92 Å². The monoisotopic (exact) mass is 326 g/mol. The lowest BCUT2D eigenvalue weighted by atomic mass is 9.88. The van der Waals surface area contributed by atoms with Crippen LogP contribution in [0.3, 0.4) is 0 Å². The van der Waals surface area contributed by atoms with Gasteiger partial charge in [-0.25, -0.2) is 13.2 Å². The zero-order valence-corrected chi connectivity index (χ0v) is 15.0. The van der Waals surface area contributed by atoms with Crippen molar-refractivity contribution in [3.05, 3.63) is 29.3 Å². The summed E-state index contributed by atoms with van der Waals surface area (Å²) in [5, 5.41) is 5.68. The average Bonchev–Trinajstić information content (AvgIpc) is 2.33. The Balaban J connectivity index is 2.66. The Morgan fingerprint density at radius 2 is 1.86 bits per heavy atom. The molecule has 1 aromatic rings. The Morgan fingerprint density at radius 3 is 2.32 bits per heavy atom. The normalized spacial score (nSPS) is 13.5. The van der Waals surface area contributed by atoms with Gasteiger partial charge in [0.25, 0.3) is 0 Å². The van der Waals surface area contributed by atoms with Crippen molar-refractivity contribution in [2.75, 3.05) is 6.26 Å². The van der Waals surface area contributed by atoms with E-state index in [1.165, 1.54) is 6.26 Å². The van der Waals surface area contributed by atoms with Crippen LogP contribution < -0.4 is 10.6 Å². The van der Waals surface area contributed by atoms with Gasteiger partial charge in [-0.1, -0.05) is 32.9 Å². The summed E-state index contributed by atoms with van der Waals surface area (Å²) in [5.74, 6) is 0. The second-order valence-electron chi connectivity index (χ2n) is 6.79.